The zero-order valence-corrected chi connectivity index (χ0v) is 11.8. The topological polar surface area (TPSA) is 52.6 Å². The lowest BCUT2D eigenvalue weighted by molar-refractivity contribution is -0.158. The van der Waals surface area contributed by atoms with Crippen LogP contribution < -0.4 is 0 Å². The van der Waals surface area contributed by atoms with Crippen molar-refractivity contribution in [2.75, 3.05) is 6.61 Å². The number of ether oxygens (including phenoxy) is 2. The minimum atomic E-state index is -0.476. The molecule has 0 amide bonds. The summed E-state index contributed by atoms with van der Waals surface area (Å²) in [6.07, 6.45) is 3.81. The molecule has 0 aliphatic heterocycles. The summed E-state index contributed by atoms with van der Waals surface area (Å²) in [5.74, 6) is -0.811. The van der Waals surface area contributed by atoms with E-state index in [1.54, 1.807) is 6.08 Å². The zero-order valence-electron chi connectivity index (χ0n) is 11.8. The van der Waals surface area contributed by atoms with Gasteiger partial charge in [-0.1, -0.05) is 6.08 Å². The van der Waals surface area contributed by atoms with Crippen LogP contribution in [0, 0.1) is 5.92 Å². The lowest BCUT2D eigenvalue weighted by Gasteiger charge is -2.22. The molecular weight excluding hydrogens is 232 g/mol. The van der Waals surface area contributed by atoms with Gasteiger partial charge in [0.15, 0.2) is 0 Å². The van der Waals surface area contributed by atoms with Crippen molar-refractivity contribution < 1.29 is 19.1 Å². The lowest BCUT2D eigenvalue weighted by atomic mass is 10.0. The van der Waals surface area contributed by atoms with Crippen molar-refractivity contribution in [3.8, 4) is 0 Å². The fraction of sp³-hybridized carbons (Fsp3) is 0.714. The van der Waals surface area contributed by atoms with Gasteiger partial charge in [-0.3, -0.25) is 9.59 Å². The maximum Gasteiger partial charge on any atom is 0.313 e. The summed E-state index contributed by atoms with van der Waals surface area (Å²) in [6, 6.07) is 0. The summed E-state index contributed by atoms with van der Waals surface area (Å²) in [5.41, 5.74) is -0.476. The van der Waals surface area contributed by atoms with Crippen LogP contribution in [0.15, 0.2) is 12.7 Å². The maximum atomic E-state index is 11.8. The summed E-state index contributed by atoms with van der Waals surface area (Å²) < 4.78 is 10.1. The molecule has 0 aromatic heterocycles. The Labute approximate surface area is 109 Å². The van der Waals surface area contributed by atoms with E-state index in [-0.39, 0.29) is 17.9 Å². The number of hydrogen-bond acceptors (Lipinski definition) is 4. The van der Waals surface area contributed by atoms with Crippen molar-refractivity contribution in [1.82, 2.24) is 0 Å². The van der Waals surface area contributed by atoms with Crippen LogP contribution in [-0.4, -0.2) is 24.1 Å². The molecule has 0 N–H and O–H groups in total. The van der Waals surface area contributed by atoms with Gasteiger partial charge in [-0.05, 0) is 40.0 Å². The monoisotopic (exact) mass is 256 g/mol. The van der Waals surface area contributed by atoms with Crippen LogP contribution in [0.3, 0.4) is 0 Å². The van der Waals surface area contributed by atoms with E-state index in [2.05, 4.69) is 6.58 Å². The highest BCUT2D eigenvalue weighted by atomic mass is 16.6. The summed E-state index contributed by atoms with van der Waals surface area (Å²) in [4.78, 5) is 22.3. The van der Waals surface area contributed by atoms with E-state index < -0.39 is 5.60 Å². The van der Waals surface area contributed by atoms with E-state index in [1.807, 2.05) is 20.8 Å². The van der Waals surface area contributed by atoms with Crippen molar-refractivity contribution >= 4 is 11.9 Å². The quantitative estimate of drug-likeness (QED) is 0.399. The highest BCUT2D eigenvalue weighted by Crippen LogP contribution is 2.16. The van der Waals surface area contributed by atoms with E-state index >= 15 is 0 Å². The molecule has 0 unspecified atom stereocenters. The normalized spacial score (nSPS) is 12.7. The molecule has 0 saturated heterocycles. The van der Waals surface area contributed by atoms with Crippen LogP contribution in [0.2, 0.25) is 0 Å². The van der Waals surface area contributed by atoms with E-state index in [0.717, 1.165) is 12.8 Å². The Kier molecular flexibility index (Phi) is 7.32. The van der Waals surface area contributed by atoms with Gasteiger partial charge < -0.3 is 9.47 Å². The molecule has 0 spiro atoms. The fourth-order valence-corrected chi connectivity index (χ4v) is 1.39. The molecular formula is C14H24O4. The van der Waals surface area contributed by atoms with Gasteiger partial charge in [0, 0.05) is 6.92 Å². The summed E-state index contributed by atoms with van der Waals surface area (Å²) >= 11 is 0. The van der Waals surface area contributed by atoms with Crippen molar-refractivity contribution in [2.24, 2.45) is 5.92 Å². The van der Waals surface area contributed by atoms with Crippen molar-refractivity contribution in [2.45, 2.75) is 52.6 Å². The zero-order chi connectivity index (χ0) is 14.2. The highest BCUT2D eigenvalue weighted by Gasteiger charge is 2.22. The number of unbranched alkanes of at least 4 members (excludes halogenated alkanes) is 1. The Bertz CT molecular complexity index is 289. The number of esters is 2. The van der Waals surface area contributed by atoms with Crippen LogP contribution in [0.25, 0.3) is 0 Å². The number of hydrogen-bond donors (Lipinski definition) is 0. The molecule has 0 fully saturated rings. The molecule has 0 bridgehead atoms. The average molecular weight is 256 g/mol. The first-order chi connectivity index (χ1) is 8.26. The van der Waals surface area contributed by atoms with Gasteiger partial charge in [0.1, 0.15) is 5.60 Å². The molecule has 0 aliphatic rings. The first-order valence-electron chi connectivity index (χ1n) is 6.25. The predicted octanol–water partition coefficient (Wildman–Crippen LogP) is 2.86. The van der Waals surface area contributed by atoms with Crippen LogP contribution >= 0.6 is 0 Å². The van der Waals surface area contributed by atoms with E-state index in [9.17, 15) is 9.59 Å². The Hall–Kier alpha value is -1.32. The van der Waals surface area contributed by atoms with Crippen molar-refractivity contribution in [3.05, 3.63) is 12.7 Å². The van der Waals surface area contributed by atoms with Crippen LogP contribution in [0.1, 0.15) is 47.0 Å². The molecule has 0 rings (SSSR count). The maximum absolute atomic E-state index is 11.8. The summed E-state index contributed by atoms with van der Waals surface area (Å²) in [6.45, 7) is 10.9. The van der Waals surface area contributed by atoms with Gasteiger partial charge in [0.05, 0.1) is 12.5 Å². The molecule has 4 heteroatoms. The Morgan fingerprint density at radius 1 is 1.28 bits per heavy atom. The predicted molar refractivity (Wildman–Crippen MR) is 70.0 cm³/mol. The first kappa shape index (κ1) is 16.7. The van der Waals surface area contributed by atoms with Crippen molar-refractivity contribution in [3.63, 3.8) is 0 Å². The Morgan fingerprint density at radius 3 is 2.33 bits per heavy atom. The minimum Gasteiger partial charge on any atom is -0.466 e. The molecule has 0 heterocycles. The van der Waals surface area contributed by atoms with E-state index in [4.69, 9.17) is 9.47 Å². The van der Waals surface area contributed by atoms with E-state index in [1.165, 1.54) is 6.92 Å². The molecule has 0 saturated carbocycles. The van der Waals surface area contributed by atoms with Gasteiger partial charge in [-0.25, -0.2) is 0 Å². The SMILES string of the molecule is C=C[C@@H](CCCCOC(C)=O)C(=O)OC(C)(C)C. The molecule has 1 atom stereocenters. The highest BCUT2D eigenvalue weighted by molar-refractivity contribution is 5.74. The van der Waals surface area contributed by atoms with Gasteiger partial charge in [0.2, 0.25) is 0 Å². The summed E-state index contributed by atoms with van der Waals surface area (Å²) in [5, 5.41) is 0. The minimum absolute atomic E-state index is 0.245. The second-order valence-corrected chi connectivity index (χ2v) is 5.21. The molecule has 0 aliphatic carbocycles. The largest absolute Gasteiger partial charge is 0.466 e. The van der Waals surface area contributed by atoms with Crippen LogP contribution in [-0.2, 0) is 19.1 Å². The Morgan fingerprint density at radius 2 is 1.89 bits per heavy atom. The van der Waals surface area contributed by atoms with E-state index in [0.29, 0.717) is 13.0 Å². The van der Waals surface area contributed by atoms with Gasteiger partial charge >= 0.3 is 11.9 Å². The number of carbonyl (C=O) groups is 2. The second kappa shape index (κ2) is 7.90. The fourth-order valence-electron chi connectivity index (χ4n) is 1.39. The van der Waals surface area contributed by atoms with Crippen LogP contribution in [0.4, 0.5) is 0 Å². The van der Waals surface area contributed by atoms with Crippen LogP contribution in [0.5, 0.6) is 0 Å². The van der Waals surface area contributed by atoms with Gasteiger partial charge in [-0.2, -0.15) is 0 Å². The lowest BCUT2D eigenvalue weighted by Crippen LogP contribution is -2.28. The molecule has 18 heavy (non-hydrogen) atoms. The Balaban J connectivity index is 3.93. The first-order valence-corrected chi connectivity index (χ1v) is 6.25. The van der Waals surface area contributed by atoms with Gasteiger partial charge in [-0.15, -0.1) is 6.58 Å². The molecule has 0 aromatic carbocycles. The third-order valence-electron chi connectivity index (χ3n) is 2.21. The molecule has 0 aromatic rings. The van der Waals surface area contributed by atoms with Gasteiger partial charge in [0.25, 0.3) is 0 Å². The third kappa shape index (κ3) is 8.79. The average Bonchev–Trinajstić information content (AvgIpc) is 2.20. The third-order valence-corrected chi connectivity index (χ3v) is 2.21. The molecule has 104 valence electrons. The second-order valence-electron chi connectivity index (χ2n) is 5.21. The number of rotatable bonds is 7. The molecule has 4 nitrogen and oxygen atoms in total. The number of carbonyl (C=O) groups excluding carboxylic acids is 2. The summed E-state index contributed by atoms with van der Waals surface area (Å²) in [7, 11) is 0. The standard InChI is InChI=1S/C14H24O4/c1-6-12(13(16)18-14(3,4)5)9-7-8-10-17-11(2)15/h6,12H,1,7-10H2,2-5H3/t12-/m0/s1. The smallest absolute Gasteiger partial charge is 0.313 e. The molecule has 0 radical (unpaired) electrons. The van der Waals surface area contributed by atoms with Crippen molar-refractivity contribution in [1.29, 1.82) is 0 Å².